The van der Waals surface area contributed by atoms with Crippen LogP contribution in [0.3, 0.4) is 0 Å². The Bertz CT molecular complexity index is 623. The van der Waals surface area contributed by atoms with Crippen molar-refractivity contribution in [3.05, 3.63) is 39.9 Å². The maximum absolute atomic E-state index is 11.0. The van der Waals surface area contributed by atoms with Gasteiger partial charge >= 0.3 is 0 Å². The van der Waals surface area contributed by atoms with Crippen LogP contribution in [0.25, 0.3) is 0 Å². The van der Waals surface area contributed by atoms with Gasteiger partial charge in [0.05, 0.1) is 36.1 Å². The number of hydrogen-bond acceptors (Lipinski definition) is 7. The van der Waals surface area contributed by atoms with Gasteiger partial charge in [-0.25, -0.2) is 0 Å². The standard InChI is InChI=1S/C14H18N6O2/c15-16-13(11-2-1-3-12(4-11)20(21)22)14-5-17-8-18(6-14)10-19(7-14)9-17/h1-4H,5-10,15H2/b16-13+. The highest BCUT2D eigenvalue weighted by atomic mass is 16.6. The van der Waals surface area contributed by atoms with Gasteiger partial charge in [0.2, 0.25) is 0 Å². The molecular formula is C14H18N6O2. The van der Waals surface area contributed by atoms with Crippen LogP contribution in [-0.4, -0.2) is 65.0 Å². The summed E-state index contributed by atoms with van der Waals surface area (Å²) in [7, 11) is 0. The van der Waals surface area contributed by atoms with Crippen LogP contribution >= 0.6 is 0 Å². The van der Waals surface area contributed by atoms with Crippen LogP contribution in [0.2, 0.25) is 0 Å². The Morgan fingerprint density at radius 1 is 1.18 bits per heavy atom. The van der Waals surface area contributed by atoms with Crippen LogP contribution in [0.4, 0.5) is 5.69 Å². The fourth-order valence-corrected chi connectivity index (χ4v) is 4.23. The highest BCUT2D eigenvalue weighted by molar-refractivity contribution is 6.05. The summed E-state index contributed by atoms with van der Waals surface area (Å²) in [6, 6.07) is 6.62. The minimum Gasteiger partial charge on any atom is -0.323 e. The van der Waals surface area contributed by atoms with Gasteiger partial charge in [0.25, 0.3) is 5.69 Å². The third kappa shape index (κ3) is 1.99. The Balaban J connectivity index is 1.74. The zero-order chi connectivity index (χ0) is 15.3. The first-order chi connectivity index (χ1) is 10.6. The normalized spacial score (nSPS) is 36.5. The highest BCUT2D eigenvalue weighted by Crippen LogP contribution is 2.38. The number of nitrogens with two attached hydrogens (primary N) is 1. The van der Waals surface area contributed by atoms with Crippen molar-refractivity contribution in [1.29, 1.82) is 0 Å². The molecule has 1 aromatic rings. The van der Waals surface area contributed by atoms with Crippen LogP contribution in [0, 0.1) is 15.5 Å². The number of benzene rings is 1. The van der Waals surface area contributed by atoms with Gasteiger partial charge in [-0.1, -0.05) is 12.1 Å². The van der Waals surface area contributed by atoms with E-state index in [1.165, 1.54) is 6.07 Å². The van der Waals surface area contributed by atoms with Gasteiger partial charge in [-0.3, -0.25) is 24.8 Å². The highest BCUT2D eigenvalue weighted by Gasteiger charge is 2.51. The number of nitro groups is 1. The van der Waals surface area contributed by atoms with Crippen molar-refractivity contribution in [1.82, 2.24) is 14.7 Å². The number of rotatable bonds is 3. The maximum Gasteiger partial charge on any atom is 0.270 e. The zero-order valence-corrected chi connectivity index (χ0v) is 12.2. The molecule has 4 aliphatic heterocycles. The minimum atomic E-state index is -0.381. The molecule has 0 spiro atoms. The van der Waals surface area contributed by atoms with Gasteiger partial charge in [0.15, 0.2) is 0 Å². The Labute approximate surface area is 127 Å². The van der Waals surface area contributed by atoms with E-state index in [2.05, 4.69) is 19.8 Å². The summed E-state index contributed by atoms with van der Waals surface area (Å²) in [5.41, 5.74) is 1.43. The molecule has 0 radical (unpaired) electrons. The molecule has 4 fully saturated rings. The lowest BCUT2D eigenvalue weighted by Crippen LogP contribution is -2.74. The fraction of sp³-hybridized carbons (Fsp3) is 0.500. The van der Waals surface area contributed by atoms with Crippen molar-refractivity contribution >= 4 is 11.4 Å². The smallest absolute Gasteiger partial charge is 0.270 e. The summed E-state index contributed by atoms with van der Waals surface area (Å²) in [4.78, 5) is 17.8. The van der Waals surface area contributed by atoms with Crippen molar-refractivity contribution in [2.45, 2.75) is 0 Å². The summed E-state index contributed by atoms with van der Waals surface area (Å²) in [5.74, 6) is 5.71. The molecule has 0 atom stereocenters. The molecule has 0 aromatic heterocycles. The number of non-ortho nitro benzene ring substituents is 1. The fourth-order valence-electron chi connectivity index (χ4n) is 4.23. The molecule has 4 heterocycles. The maximum atomic E-state index is 11.0. The first kappa shape index (κ1) is 13.6. The Kier molecular flexibility index (Phi) is 2.93. The molecular weight excluding hydrogens is 284 g/mol. The third-order valence-electron chi connectivity index (χ3n) is 4.74. The molecule has 0 saturated carbocycles. The molecule has 0 unspecified atom stereocenters. The first-order valence-corrected chi connectivity index (χ1v) is 7.30. The third-order valence-corrected chi connectivity index (χ3v) is 4.74. The zero-order valence-electron chi connectivity index (χ0n) is 12.2. The Morgan fingerprint density at radius 2 is 1.77 bits per heavy atom. The van der Waals surface area contributed by atoms with E-state index in [0.717, 1.165) is 50.9 Å². The summed E-state index contributed by atoms with van der Waals surface area (Å²) < 4.78 is 0. The molecule has 5 rings (SSSR count). The molecule has 22 heavy (non-hydrogen) atoms. The Hall–Kier alpha value is -2.03. The summed E-state index contributed by atoms with van der Waals surface area (Å²) in [5, 5.41) is 15.1. The first-order valence-electron chi connectivity index (χ1n) is 7.30. The van der Waals surface area contributed by atoms with E-state index in [0.29, 0.717) is 0 Å². The average Bonchev–Trinajstić information content (AvgIpc) is 2.46. The van der Waals surface area contributed by atoms with Gasteiger partial charge in [0.1, 0.15) is 0 Å². The second-order valence-electron chi connectivity index (χ2n) is 6.48. The average molecular weight is 302 g/mol. The van der Waals surface area contributed by atoms with Gasteiger partial charge < -0.3 is 5.84 Å². The predicted molar refractivity (Wildman–Crippen MR) is 81.0 cm³/mol. The molecule has 4 bridgehead atoms. The van der Waals surface area contributed by atoms with E-state index in [9.17, 15) is 10.1 Å². The predicted octanol–water partition coefficient (Wildman–Crippen LogP) is 0.0633. The van der Waals surface area contributed by atoms with Crippen molar-refractivity contribution < 1.29 is 4.92 Å². The van der Waals surface area contributed by atoms with Crippen LogP contribution in [0.5, 0.6) is 0 Å². The topological polar surface area (TPSA) is 91.2 Å². The van der Waals surface area contributed by atoms with Crippen LogP contribution in [0.1, 0.15) is 5.56 Å². The van der Waals surface area contributed by atoms with E-state index in [1.54, 1.807) is 12.1 Å². The molecule has 4 saturated heterocycles. The van der Waals surface area contributed by atoms with Gasteiger partial charge in [-0.05, 0) is 0 Å². The van der Waals surface area contributed by atoms with Gasteiger partial charge in [-0.2, -0.15) is 5.10 Å². The number of hydrogen-bond donors (Lipinski definition) is 1. The van der Waals surface area contributed by atoms with Crippen molar-refractivity contribution in [2.24, 2.45) is 16.4 Å². The lowest BCUT2D eigenvalue weighted by molar-refractivity contribution is -0.384. The SMILES string of the molecule is N/N=C(\c1cccc([N+](=O)[O-])c1)C12CN3CN(CN(C3)C1)C2. The molecule has 2 N–H and O–H groups in total. The van der Waals surface area contributed by atoms with Crippen LogP contribution < -0.4 is 5.84 Å². The van der Waals surface area contributed by atoms with E-state index in [-0.39, 0.29) is 16.0 Å². The van der Waals surface area contributed by atoms with Crippen LogP contribution in [0.15, 0.2) is 29.4 Å². The van der Waals surface area contributed by atoms with E-state index in [4.69, 9.17) is 5.84 Å². The number of hydrazone groups is 1. The molecule has 8 nitrogen and oxygen atoms in total. The number of nitrogens with zero attached hydrogens (tertiary/aromatic N) is 5. The molecule has 0 aliphatic carbocycles. The molecule has 8 heteroatoms. The van der Waals surface area contributed by atoms with E-state index < -0.39 is 0 Å². The molecule has 1 aromatic carbocycles. The molecule has 0 amide bonds. The van der Waals surface area contributed by atoms with E-state index in [1.807, 2.05) is 6.07 Å². The quantitative estimate of drug-likeness (QED) is 0.367. The van der Waals surface area contributed by atoms with Gasteiger partial charge in [0, 0.05) is 37.3 Å². The lowest BCUT2D eigenvalue weighted by atomic mass is 9.74. The second-order valence-corrected chi connectivity index (χ2v) is 6.48. The monoisotopic (exact) mass is 302 g/mol. The Morgan fingerprint density at radius 3 is 2.27 bits per heavy atom. The van der Waals surface area contributed by atoms with Crippen molar-refractivity contribution in [3.8, 4) is 0 Å². The second kappa shape index (κ2) is 4.73. The van der Waals surface area contributed by atoms with Crippen molar-refractivity contribution in [3.63, 3.8) is 0 Å². The van der Waals surface area contributed by atoms with Crippen LogP contribution in [-0.2, 0) is 0 Å². The number of nitro benzene ring substituents is 1. The summed E-state index contributed by atoms with van der Waals surface area (Å²) in [6.45, 7) is 5.64. The van der Waals surface area contributed by atoms with E-state index >= 15 is 0 Å². The summed E-state index contributed by atoms with van der Waals surface area (Å²) in [6.07, 6.45) is 0. The van der Waals surface area contributed by atoms with Crippen molar-refractivity contribution in [2.75, 3.05) is 39.6 Å². The lowest BCUT2D eigenvalue weighted by Gasteiger charge is -2.60. The minimum absolute atomic E-state index is 0.0734. The largest absolute Gasteiger partial charge is 0.323 e. The molecule has 116 valence electrons. The molecule has 4 aliphatic rings. The summed E-state index contributed by atoms with van der Waals surface area (Å²) >= 11 is 0. The van der Waals surface area contributed by atoms with Gasteiger partial charge in [-0.15, -0.1) is 0 Å².